The van der Waals surface area contributed by atoms with Crippen molar-refractivity contribution in [3.8, 4) is 22.8 Å². The molecule has 1 amide bonds. The van der Waals surface area contributed by atoms with Crippen LogP contribution in [0.2, 0.25) is 0 Å². The van der Waals surface area contributed by atoms with Crippen molar-refractivity contribution in [3.05, 3.63) is 45.7 Å². The Labute approximate surface area is 186 Å². The Hall–Kier alpha value is -3.53. The summed E-state index contributed by atoms with van der Waals surface area (Å²) >= 11 is 0. The smallest absolute Gasteiger partial charge is 0.263 e. The van der Waals surface area contributed by atoms with E-state index in [9.17, 15) is 9.59 Å². The summed E-state index contributed by atoms with van der Waals surface area (Å²) in [4.78, 5) is 25.2. The number of methoxy groups -OCH3 is 2. The highest BCUT2D eigenvalue weighted by Gasteiger charge is 2.27. The van der Waals surface area contributed by atoms with E-state index >= 15 is 0 Å². The van der Waals surface area contributed by atoms with Gasteiger partial charge in [-0.15, -0.1) is 5.10 Å². The molecule has 0 saturated carbocycles. The van der Waals surface area contributed by atoms with Gasteiger partial charge in [0.05, 0.1) is 19.4 Å². The van der Waals surface area contributed by atoms with Gasteiger partial charge in [0.15, 0.2) is 16.9 Å². The van der Waals surface area contributed by atoms with E-state index in [1.54, 1.807) is 20.4 Å². The zero-order valence-electron chi connectivity index (χ0n) is 18.5. The maximum Gasteiger partial charge on any atom is 0.263 e. The normalized spacial score (nSPS) is 15.0. The number of amides is 1. The lowest BCUT2D eigenvalue weighted by molar-refractivity contribution is 0.0974. The topological polar surface area (TPSA) is 143 Å². The zero-order valence-corrected chi connectivity index (χ0v) is 18.5. The molecule has 0 saturated heterocycles. The highest BCUT2D eigenvalue weighted by molar-refractivity contribution is 6.05. The van der Waals surface area contributed by atoms with E-state index in [2.05, 4.69) is 17.3 Å². The van der Waals surface area contributed by atoms with Gasteiger partial charge in [0.2, 0.25) is 5.96 Å². The second-order valence-corrected chi connectivity index (χ2v) is 7.43. The summed E-state index contributed by atoms with van der Waals surface area (Å²) < 4.78 is 18.5. The van der Waals surface area contributed by atoms with E-state index < -0.39 is 11.3 Å². The molecule has 1 atom stereocenters. The largest absolute Gasteiger partial charge is 0.493 e. The van der Waals surface area contributed by atoms with Crippen molar-refractivity contribution < 1.29 is 19.0 Å². The molecule has 10 heteroatoms. The van der Waals surface area contributed by atoms with Crippen LogP contribution in [-0.4, -0.2) is 43.9 Å². The summed E-state index contributed by atoms with van der Waals surface area (Å²) in [7, 11) is 3.23. The SMILES string of the molecule is CCC1Cc2cc(OCCCOC)c(OC)cc2-c2cc(=O)c(C(=O)N/C(N)=N/N)cn21. The van der Waals surface area contributed by atoms with Crippen LogP contribution in [0.4, 0.5) is 0 Å². The van der Waals surface area contributed by atoms with Gasteiger partial charge in [-0.25, -0.2) is 0 Å². The fourth-order valence-corrected chi connectivity index (χ4v) is 3.81. The standard InChI is InChI=1S/C22H29N5O5/c1-4-14-8-13-9-20(32-7-5-6-30-2)19(31-3)10-15(13)17-11-18(28)16(12-27(14)17)21(29)25-22(23)26-24/h9-12,14H,4-8,24H2,1-3H3,(H3,23,25,26,29). The number of pyridine rings is 1. The molecule has 1 aromatic heterocycles. The number of hydrogen-bond acceptors (Lipinski definition) is 7. The fraction of sp³-hybridized carbons (Fsp3) is 0.409. The van der Waals surface area contributed by atoms with E-state index in [0.717, 1.165) is 24.0 Å². The summed E-state index contributed by atoms with van der Waals surface area (Å²) in [5.74, 6) is 5.37. The number of fused-ring (bicyclic) bond motifs is 3. The first-order valence-corrected chi connectivity index (χ1v) is 10.4. The molecule has 2 heterocycles. The van der Waals surface area contributed by atoms with Crippen molar-refractivity contribution in [1.29, 1.82) is 0 Å². The third-order valence-corrected chi connectivity index (χ3v) is 5.44. The van der Waals surface area contributed by atoms with Crippen LogP contribution >= 0.6 is 0 Å². The molecular formula is C22H29N5O5. The summed E-state index contributed by atoms with van der Waals surface area (Å²) in [5.41, 5.74) is 7.63. The number of benzene rings is 1. The average molecular weight is 444 g/mol. The minimum absolute atomic E-state index is 0.0349. The number of guanidine groups is 1. The van der Waals surface area contributed by atoms with Crippen LogP contribution in [0, 0.1) is 0 Å². The lowest BCUT2D eigenvalue weighted by Gasteiger charge is -2.31. The van der Waals surface area contributed by atoms with Gasteiger partial charge in [-0.1, -0.05) is 6.92 Å². The van der Waals surface area contributed by atoms with Crippen LogP contribution in [0.1, 0.15) is 41.7 Å². The number of nitrogens with zero attached hydrogens (tertiary/aromatic N) is 2. The number of hydrogen-bond donors (Lipinski definition) is 3. The maximum absolute atomic E-state index is 12.8. The minimum Gasteiger partial charge on any atom is -0.493 e. The van der Waals surface area contributed by atoms with Crippen LogP contribution < -0.4 is 31.8 Å². The molecule has 1 unspecified atom stereocenters. The van der Waals surface area contributed by atoms with Gasteiger partial charge in [-0.2, -0.15) is 0 Å². The third kappa shape index (κ3) is 4.70. The van der Waals surface area contributed by atoms with E-state index in [1.165, 1.54) is 6.07 Å². The molecule has 0 bridgehead atoms. The molecule has 0 aliphatic carbocycles. The highest BCUT2D eigenvalue weighted by atomic mass is 16.5. The first kappa shape index (κ1) is 23.1. The molecule has 10 nitrogen and oxygen atoms in total. The highest BCUT2D eigenvalue weighted by Crippen LogP contribution is 2.41. The summed E-state index contributed by atoms with van der Waals surface area (Å²) in [6.07, 6.45) is 3.85. The molecule has 5 N–H and O–H groups in total. The number of nitrogens with one attached hydrogen (secondary N) is 1. The molecule has 3 rings (SSSR count). The molecular weight excluding hydrogens is 414 g/mol. The van der Waals surface area contributed by atoms with Gasteiger partial charge < -0.3 is 30.4 Å². The van der Waals surface area contributed by atoms with Gasteiger partial charge in [-0.3, -0.25) is 14.9 Å². The average Bonchev–Trinajstić information content (AvgIpc) is 2.80. The van der Waals surface area contributed by atoms with Crippen LogP contribution in [0.5, 0.6) is 11.5 Å². The van der Waals surface area contributed by atoms with Crippen molar-refractivity contribution in [3.63, 3.8) is 0 Å². The monoisotopic (exact) mass is 443 g/mol. The first-order chi connectivity index (χ1) is 15.4. The Kier molecular flexibility index (Phi) is 7.37. The first-order valence-electron chi connectivity index (χ1n) is 10.4. The van der Waals surface area contributed by atoms with Crippen LogP contribution in [0.25, 0.3) is 11.3 Å². The lowest BCUT2D eigenvalue weighted by atomic mass is 9.90. The molecule has 0 fully saturated rings. The molecule has 2 aromatic rings. The second-order valence-electron chi connectivity index (χ2n) is 7.43. The fourth-order valence-electron chi connectivity index (χ4n) is 3.81. The summed E-state index contributed by atoms with van der Waals surface area (Å²) in [5, 5.41) is 5.52. The Morgan fingerprint density at radius 2 is 2.03 bits per heavy atom. The maximum atomic E-state index is 12.8. The van der Waals surface area contributed by atoms with Crippen LogP contribution in [0.15, 0.2) is 34.3 Å². The van der Waals surface area contributed by atoms with Crippen molar-refractivity contribution in [2.75, 3.05) is 27.4 Å². The minimum atomic E-state index is -0.657. The van der Waals surface area contributed by atoms with Crippen molar-refractivity contribution in [2.45, 2.75) is 32.2 Å². The number of hydrazone groups is 1. The predicted octanol–water partition coefficient (Wildman–Crippen LogP) is 1.36. The zero-order chi connectivity index (χ0) is 23.3. The Balaban J connectivity index is 2.04. The molecule has 0 spiro atoms. The van der Waals surface area contributed by atoms with Gasteiger partial charge in [0.1, 0.15) is 5.56 Å². The predicted molar refractivity (Wildman–Crippen MR) is 121 cm³/mol. The lowest BCUT2D eigenvalue weighted by Crippen LogP contribution is -2.40. The van der Waals surface area contributed by atoms with Crippen molar-refractivity contribution >= 4 is 11.9 Å². The molecule has 172 valence electrons. The molecule has 0 radical (unpaired) electrons. The van der Waals surface area contributed by atoms with E-state index in [0.29, 0.717) is 36.8 Å². The summed E-state index contributed by atoms with van der Waals surface area (Å²) in [6, 6.07) is 5.36. The van der Waals surface area contributed by atoms with Crippen molar-refractivity contribution in [2.24, 2.45) is 16.7 Å². The number of carbonyl (C=O) groups excluding carboxylic acids is 1. The van der Waals surface area contributed by atoms with Crippen molar-refractivity contribution in [1.82, 2.24) is 9.88 Å². The third-order valence-electron chi connectivity index (χ3n) is 5.44. The van der Waals surface area contributed by atoms with Crippen LogP contribution in [-0.2, 0) is 11.2 Å². The number of aromatic nitrogens is 1. The van der Waals surface area contributed by atoms with Gasteiger partial charge in [0, 0.05) is 44.0 Å². The number of rotatable bonds is 8. The molecule has 32 heavy (non-hydrogen) atoms. The molecule has 1 aromatic carbocycles. The molecule has 1 aliphatic rings. The number of nitrogens with two attached hydrogens (primary N) is 2. The van der Waals surface area contributed by atoms with Gasteiger partial charge in [-0.05, 0) is 30.5 Å². The Morgan fingerprint density at radius 3 is 2.69 bits per heavy atom. The Bertz CT molecular complexity index is 1080. The van der Waals surface area contributed by atoms with Gasteiger partial charge in [0.25, 0.3) is 5.91 Å². The van der Waals surface area contributed by atoms with Gasteiger partial charge >= 0.3 is 0 Å². The number of ether oxygens (including phenoxy) is 3. The van der Waals surface area contributed by atoms with E-state index in [1.807, 2.05) is 16.7 Å². The van der Waals surface area contributed by atoms with E-state index in [-0.39, 0.29) is 17.6 Å². The second kappa shape index (κ2) is 10.2. The van der Waals surface area contributed by atoms with E-state index in [4.69, 9.17) is 25.8 Å². The molecule has 1 aliphatic heterocycles. The number of carbonyl (C=O) groups is 1. The Morgan fingerprint density at radius 1 is 1.25 bits per heavy atom. The van der Waals surface area contributed by atoms with Crippen LogP contribution in [0.3, 0.4) is 0 Å². The quantitative estimate of drug-likeness (QED) is 0.184. The summed E-state index contributed by atoms with van der Waals surface area (Å²) in [6.45, 7) is 3.17.